The molecule has 9 heteroatoms. The summed E-state index contributed by atoms with van der Waals surface area (Å²) in [6, 6.07) is 0. The van der Waals surface area contributed by atoms with Crippen LogP contribution in [0, 0.1) is 34.5 Å². The molecule has 0 aliphatic heterocycles. The molecule has 1 unspecified atom stereocenters. The van der Waals surface area contributed by atoms with Gasteiger partial charge in [0.2, 0.25) is 0 Å². The lowest BCUT2D eigenvalue weighted by atomic mass is 9.45. The molecule has 7 atom stereocenters. The molecule has 3 saturated carbocycles. The number of carbonyl (C=O) groups is 1. The standard InChI is InChI=1S/C29H50N2O5Si2/c1-28-15-14-21(31-34-3)16-20(28)10-11-22-23-12-13-24(25(32)18-35-37(4,5)6)29(23,19-30-33-2)17-26(27(22)28)36-38(7,8)9/h16,19,22-24,26-27H,10-15,17-18H2,1-9H3/b30-19+,31-21-/t22-,23-,24+,26?,27+,28-,29+/m0/s1. The second kappa shape index (κ2) is 10.9. The highest BCUT2D eigenvalue weighted by atomic mass is 28.4. The molecule has 0 aromatic carbocycles. The van der Waals surface area contributed by atoms with Gasteiger partial charge in [-0.25, -0.2) is 0 Å². The van der Waals surface area contributed by atoms with Gasteiger partial charge in [-0.05, 0) is 113 Å². The van der Waals surface area contributed by atoms with E-state index in [1.54, 1.807) is 14.2 Å². The van der Waals surface area contributed by atoms with E-state index < -0.39 is 16.6 Å². The van der Waals surface area contributed by atoms with Crippen LogP contribution in [0.25, 0.3) is 0 Å². The van der Waals surface area contributed by atoms with Crippen LogP contribution in [-0.2, 0) is 23.3 Å². The van der Waals surface area contributed by atoms with Crippen LogP contribution in [0.2, 0.25) is 39.3 Å². The van der Waals surface area contributed by atoms with Gasteiger partial charge in [-0.2, -0.15) is 0 Å². The Morgan fingerprint density at radius 2 is 1.79 bits per heavy atom. The van der Waals surface area contributed by atoms with Gasteiger partial charge in [0.15, 0.2) is 22.4 Å². The molecule has 0 heterocycles. The highest BCUT2D eigenvalue weighted by Gasteiger charge is 2.65. The van der Waals surface area contributed by atoms with Gasteiger partial charge in [-0.3, -0.25) is 4.79 Å². The van der Waals surface area contributed by atoms with Crippen LogP contribution in [0.4, 0.5) is 0 Å². The topological polar surface area (TPSA) is 78.7 Å². The SMILES string of the molecule is CO/N=C1\C=C2CC[C@H]3[C@@H]4CC[C@H](C(=O)CO[Si](C)(C)C)[C@@]4(/C=N/OC)CC(O[Si](C)(C)C)[C@@H]3[C@@]2(C)CC1. The van der Waals surface area contributed by atoms with Crippen LogP contribution in [0.3, 0.4) is 0 Å². The minimum atomic E-state index is -1.88. The molecule has 0 radical (unpaired) electrons. The van der Waals surface area contributed by atoms with Crippen LogP contribution in [0.1, 0.15) is 51.9 Å². The normalized spacial score (nSPS) is 38.4. The smallest absolute Gasteiger partial charge is 0.184 e. The largest absolute Gasteiger partial charge is 0.414 e. The molecule has 0 aromatic rings. The third-order valence-corrected chi connectivity index (χ3v) is 11.7. The molecule has 0 saturated heterocycles. The van der Waals surface area contributed by atoms with Crippen molar-refractivity contribution >= 4 is 34.3 Å². The van der Waals surface area contributed by atoms with Crippen molar-refractivity contribution in [1.29, 1.82) is 0 Å². The van der Waals surface area contributed by atoms with E-state index in [0.717, 1.165) is 50.7 Å². The van der Waals surface area contributed by atoms with Gasteiger partial charge in [-0.15, -0.1) is 0 Å². The van der Waals surface area contributed by atoms with Gasteiger partial charge in [-0.1, -0.05) is 22.8 Å². The molecule has 0 spiro atoms. The quantitative estimate of drug-likeness (QED) is 0.184. The third-order valence-electron chi connectivity index (χ3n) is 9.64. The predicted molar refractivity (Wildman–Crippen MR) is 157 cm³/mol. The molecule has 0 aromatic heterocycles. The number of oxime groups is 2. The molecule has 7 nitrogen and oxygen atoms in total. The Bertz CT molecular complexity index is 984. The summed E-state index contributed by atoms with van der Waals surface area (Å²) in [5.74, 6) is 1.41. The number of rotatable bonds is 9. The number of fused-ring (bicyclic) bond motifs is 5. The number of hydrogen-bond acceptors (Lipinski definition) is 7. The van der Waals surface area contributed by atoms with E-state index in [0.29, 0.717) is 17.8 Å². The van der Waals surface area contributed by atoms with E-state index in [9.17, 15) is 4.79 Å². The highest BCUT2D eigenvalue weighted by molar-refractivity contribution is 6.70. The maximum atomic E-state index is 13.8. The lowest BCUT2D eigenvalue weighted by Crippen LogP contribution is -2.60. The first-order chi connectivity index (χ1) is 17.7. The summed E-state index contributed by atoms with van der Waals surface area (Å²) in [4.78, 5) is 24.2. The van der Waals surface area contributed by atoms with Crippen molar-refractivity contribution < 1.29 is 23.3 Å². The second-order valence-electron chi connectivity index (χ2n) is 14.2. The van der Waals surface area contributed by atoms with E-state index in [1.807, 2.05) is 6.21 Å². The van der Waals surface area contributed by atoms with Crippen molar-refractivity contribution in [3.63, 3.8) is 0 Å². The van der Waals surface area contributed by atoms with Gasteiger partial charge in [0, 0.05) is 17.4 Å². The molecule has 0 amide bonds. The summed E-state index contributed by atoms with van der Waals surface area (Å²) in [7, 11) is -0.450. The monoisotopic (exact) mass is 562 g/mol. The van der Waals surface area contributed by atoms with Gasteiger partial charge in [0.05, 0.1) is 18.5 Å². The van der Waals surface area contributed by atoms with Gasteiger partial charge < -0.3 is 18.5 Å². The van der Waals surface area contributed by atoms with Crippen LogP contribution in [0.5, 0.6) is 0 Å². The van der Waals surface area contributed by atoms with Crippen molar-refractivity contribution in [1.82, 2.24) is 0 Å². The Balaban J connectivity index is 1.76. The zero-order valence-electron chi connectivity index (χ0n) is 25.1. The molecule has 4 rings (SSSR count). The fraction of sp³-hybridized carbons (Fsp3) is 0.828. The Kier molecular flexibility index (Phi) is 8.54. The molecule has 3 fully saturated rings. The van der Waals surface area contributed by atoms with E-state index in [2.05, 4.69) is 62.6 Å². The zero-order valence-corrected chi connectivity index (χ0v) is 27.1. The first-order valence-corrected chi connectivity index (χ1v) is 21.3. The average molecular weight is 563 g/mol. The Hall–Kier alpha value is -1.30. The molecule has 214 valence electrons. The lowest BCUT2D eigenvalue weighted by Gasteiger charge is -2.61. The number of ketones is 1. The van der Waals surface area contributed by atoms with Crippen molar-refractivity contribution in [2.24, 2.45) is 44.8 Å². The number of nitrogens with zero attached hydrogens (tertiary/aromatic N) is 2. The van der Waals surface area contributed by atoms with Crippen molar-refractivity contribution in [3.05, 3.63) is 11.6 Å². The minimum absolute atomic E-state index is 0.0631. The van der Waals surface area contributed by atoms with Crippen molar-refractivity contribution in [3.8, 4) is 0 Å². The van der Waals surface area contributed by atoms with E-state index in [1.165, 1.54) is 5.57 Å². The number of carbonyl (C=O) groups excluding carboxylic acids is 1. The molecule has 4 aliphatic rings. The number of hydrogen-bond donors (Lipinski definition) is 0. The fourth-order valence-electron chi connectivity index (χ4n) is 8.36. The van der Waals surface area contributed by atoms with E-state index >= 15 is 0 Å². The summed E-state index contributed by atoms with van der Waals surface area (Å²) in [5, 5.41) is 8.66. The van der Waals surface area contributed by atoms with Crippen LogP contribution < -0.4 is 0 Å². The number of allylic oxidation sites excluding steroid dienone is 2. The van der Waals surface area contributed by atoms with Gasteiger partial charge >= 0.3 is 0 Å². The van der Waals surface area contributed by atoms with Crippen molar-refractivity contribution in [2.45, 2.75) is 97.3 Å². The van der Waals surface area contributed by atoms with Crippen LogP contribution in [-0.4, -0.2) is 61.3 Å². The zero-order chi connectivity index (χ0) is 27.9. The second-order valence-corrected chi connectivity index (χ2v) is 23.2. The van der Waals surface area contributed by atoms with Crippen LogP contribution in [0.15, 0.2) is 22.0 Å². The fourth-order valence-corrected chi connectivity index (χ4v) is 10.1. The molecule has 4 aliphatic carbocycles. The maximum absolute atomic E-state index is 13.8. The molecule has 38 heavy (non-hydrogen) atoms. The van der Waals surface area contributed by atoms with E-state index in [-0.39, 0.29) is 35.2 Å². The van der Waals surface area contributed by atoms with Crippen molar-refractivity contribution in [2.75, 3.05) is 20.8 Å². The van der Waals surface area contributed by atoms with Gasteiger partial charge in [0.25, 0.3) is 0 Å². The number of Topliss-reactive ketones (excluding diaryl/α,β-unsaturated/α-hetero) is 1. The maximum Gasteiger partial charge on any atom is 0.184 e. The Labute approximate surface area is 232 Å². The first kappa shape index (κ1) is 29.7. The molecule has 0 bridgehead atoms. The highest BCUT2D eigenvalue weighted by Crippen LogP contribution is 2.67. The third kappa shape index (κ3) is 5.76. The predicted octanol–water partition coefficient (Wildman–Crippen LogP) is 6.43. The lowest BCUT2D eigenvalue weighted by molar-refractivity contribution is -0.134. The molecular formula is C29H50N2O5Si2. The van der Waals surface area contributed by atoms with E-state index in [4.69, 9.17) is 18.5 Å². The summed E-state index contributed by atoms with van der Waals surface area (Å²) >= 11 is 0. The first-order valence-electron chi connectivity index (χ1n) is 14.5. The Morgan fingerprint density at radius 1 is 1.05 bits per heavy atom. The van der Waals surface area contributed by atoms with Gasteiger partial charge in [0.1, 0.15) is 14.2 Å². The van der Waals surface area contributed by atoms with Crippen LogP contribution >= 0.6 is 0 Å². The molecular weight excluding hydrogens is 513 g/mol. The average Bonchev–Trinajstić information content (AvgIpc) is 3.19. The summed E-state index contributed by atoms with van der Waals surface area (Å²) in [6.45, 7) is 16.0. The summed E-state index contributed by atoms with van der Waals surface area (Å²) in [6.07, 6.45) is 11.3. The molecule has 0 N–H and O–H groups in total. The minimum Gasteiger partial charge on any atom is -0.414 e. The Morgan fingerprint density at radius 3 is 2.42 bits per heavy atom. The summed E-state index contributed by atoms with van der Waals surface area (Å²) < 4.78 is 13.2. The summed E-state index contributed by atoms with van der Waals surface area (Å²) in [5.41, 5.74) is 2.26.